The van der Waals surface area contributed by atoms with Crippen LogP contribution in [0.15, 0.2) is 18.2 Å². The standard InChI is InChI=1S/C15H19FN2O/c1-3-4-10-18(2)15(19)13-8-7-12(6-5-9-17)11-14(13)16/h7-8,11H,3-4,9-10,17H2,1-2H3. The van der Waals surface area contributed by atoms with Crippen LogP contribution in [-0.2, 0) is 0 Å². The molecule has 1 amide bonds. The number of rotatable bonds is 4. The van der Waals surface area contributed by atoms with Gasteiger partial charge < -0.3 is 10.6 Å². The second-order valence-corrected chi connectivity index (χ2v) is 4.28. The highest BCUT2D eigenvalue weighted by molar-refractivity contribution is 5.94. The van der Waals surface area contributed by atoms with Crippen LogP contribution in [0, 0.1) is 17.7 Å². The van der Waals surface area contributed by atoms with Crippen LogP contribution in [0.25, 0.3) is 0 Å². The van der Waals surface area contributed by atoms with Crippen molar-refractivity contribution in [2.24, 2.45) is 5.73 Å². The van der Waals surface area contributed by atoms with Gasteiger partial charge >= 0.3 is 0 Å². The summed E-state index contributed by atoms with van der Waals surface area (Å²) in [5, 5.41) is 0. The van der Waals surface area contributed by atoms with Gasteiger partial charge in [0.05, 0.1) is 12.1 Å². The summed E-state index contributed by atoms with van der Waals surface area (Å²) >= 11 is 0. The second-order valence-electron chi connectivity index (χ2n) is 4.28. The lowest BCUT2D eigenvalue weighted by atomic mass is 10.1. The highest BCUT2D eigenvalue weighted by Crippen LogP contribution is 2.12. The highest BCUT2D eigenvalue weighted by Gasteiger charge is 2.15. The topological polar surface area (TPSA) is 46.3 Å². The monoisotopic (exact) mass is 262 g/mol. The van der Waals surface area contributed by atoms with Gasteiger partial charge in [0.1, 0.15) is 5.82 Å². The molecule has 1 aromatic carbocycles. The van der Waals surface area contributed by atoms with Gasteiger partial charge in [0.15, 0.2) is 0 Å². The zero-order valence-corrected chi connectivity index (χ0v) is 11.4. The molecule has 0 heterocycles. The number of hydrogen-bond donors (Lipinski definition) is 1. The molecule has 0 bridgehead atoms. The van der Waals surface area contributed by atoms with Crippen LogP contribution in [0.1, 0.15) is 35.7 Å². The molecule has 1 rings (SSSR count). The fraction of sp³-hybridized carbons (Fsp3) is 0.400. The Hall–Kier alpha value is -1.86. The lowest BCUT2D eigenvalue weighted by Gasteiger charge is -2.17. The van der Waals surface area contributed by atoms with Crippen molar-refractivity contribution in [1.29, 1.82) is 0 Å². The summed E-state index contributed by atoms with van der Waals surface area (Å²) in [7, 11) is 1.68. The molecule has 0 spiro atoms. The zero-order valence-electron chi connectivity index (χ0n) is 11.4. The number of halogens is 1. The van der Waals surface area contributed by atoms with Gasteiger partial charge in [-0.05, 0) is 24.6 Å². The summed E-state index contributed by atoms with van der Waals surface area (Å²) in [6.07, 6.45) is 1.90. The minimum absolute atomic E-state index is 0.0805. The first-order valence-corrected chi connectivity index (χ1v) is 6.34. The molecule has 0 aromatic heterocycles. The Kier molecular flexibility index (Phi) is 6.04. The number of nitrogens with two attached hydrogens (primary N) is 1. The van der Waals surface area contributed by atoms with E-state index in [1.165, 1.54) is 17.0 Å². The number of amides is 1. The number of nitrogens with zero attached hydrogens (tertiary/aromatic N) is 1. The zero-order chi connectivity index (χ0) is 14.3. The largest absolute Gasteiger partial charge is 0.342 e. The Morgan fingerprint density at radius 3 is 2.79 bits per heavy atom. The van der Waals surface area contributed by atoms with Gasteiger partial charge in [-0.2, -0.15) is 0 Å². The van der Waals surface area contributed by atoms with Crippen molar-refractivity contribution in [2.45, 2.75) is 19.8 Å². The Morgan fingerprint density at radius 1 is 1.47 bits per heavy atom. The normalized spacial score (nSPS) is 9.68. The first-order valence-electron chi connectivity index (χ1n) is 6.34. The van der Waals surface area contributed by atoms with E-state index in [2.05, 4.69) is 11.8 Å². The van der Waals surface area contributed by atoms with Crippen molar-refractivity contribution < 1.29 is 9.18 Å². The van der Waals surface area contributed by atoms with Crippen LogP contribution in [-0.4, -0.2) is 30.9 Å². The lowest BCUT2D eigenvalue weighted by Crippen LogP contribution is -2.28. The summed E-state index contributed by atoms with van der Waals surface area (Å²) in [4.78, 5) is 13.6. The number of benzene rings is 1. The van der Waals surface area contributed by atoms with E-state index in [1.54, 1.807) is 13.1 Å². The minimum Gasteiger partial charge on any atom is -0.342 e. The van der Waals surface area contributed by atoms with Crippen LogP contribution in [0.5, 0.6) is 0 Å². The quantitative estimate of drug-likeness (QED) is 0.844. The van der Waals surface area contributed by atoms with E-state index in [1.807, 2.05) is 6.92 Å². The van der Waals surface area contributed by atoms with Crippen LogP contribution in [0.4, 0.5) is 4.39 Å². The van der Waals surface area contributed by atoms with E-state index >= 15 is 0 Å². The van der Waals surface area contributed by atoms with Crippen molar-refractivity contribution in [3.05, 3.63) is 35.1 Å². The average molecular weight is 262 g/mol. The summed E-state index contributed by atoms with van der Waals surface area (Å²) in [6, 6.07) is 4.37. The van der Waals surface area contributed by atoms with Gasteiger partial charge in [0, 0.05) is 19.2 Å². The SMILES string of the molecule is CCCCN(C)C(=O)c1ccc(C#CCN)cc1F. The van der Waals surface area contributed by atoms with Crippen molar-refractivity contribution in [1.82, 2.24) is 4.90 Å². The lowest BCUT2D eigenvalue weighted by molar-refractivity contribution is 0.0788. The molecule has 102 valence electrons. The van der Waals surface area contributed by atoms with Crippen LogP contribution in [0.2, 0.25) is 0 Å². The smallest absolute Gasteiger partial charge is 0.256 e. The predicted octanol–water partition coefficient (Wildman–Crippen LogP) is 2.01. The van der Waals surface area contributed by atoms with Crippen LogP contribution in [0.3, 0.4) is 0 Å². The Bertz CT molecular complexity index is 503. The summed E-state index contributed by atoms with van der Waals surface area (Å²) in [5.74, 6) is 4.54. The molecule has 0 saturated heterocycles. The van der Waals surface area contributed by atoms with E-state index in [9.17, 15) is 9.18 Å². The van der Waals surface area contributed by atoms with Crippen molar-refractivity contribution in [3.63, 3.8) is 0 Å². The Balaban J connectivity index is 2.87. The number of hydrogen-bond acceptors (Lipinski definition) is 2. The highest BCUT2D eigenvalue weighted by atomic mass is 19.1. The fourth-order valence-electron chi connectivity index (χ4n) is 1.62. The third-order valence-electron chi connectivity index (χ3n) is 2.73. The third-order valence-corrected chi connectivity index (χ3v) is 2.73. The Labute approximate surface area is 113 Å². The molecule has 19 heavy (non-hydrogen) atoms. The predicted molar refractivity (Wildman–Crippen MR) is 74.2 cm³/mol. The maximum absolute atomic E-state index is 13.9. The maximum Gasteiger partial charge on any atom is 0.256 e. The molecule has 1 aromatic rings. The number of carbonyl (C=O) groups excluding carboxylic acids is 1. The van der Waals surface area contributed by atoms with E-state index in [0.29, 0.717) is 12.1 Å². The minimum atomic E-state index is -0.544. The van der Waals surface area contributed by atoms with E-state index in [4.69, 9.17) is 5.73 Å². The third kappa shape index (κ3) is 4.38. The van der Waals surface area contributed by atoms with E-state index in [0.717, 1.165) is 12.8 Å². The molecule has 0 aliphatic carbocycles. The summed E-state index contributed by atoms with van der Waals surface area (Å²) < 4.78 is 13.9. The molecule has 4 heteroatoms. The molecule has 0 aliphatic heterocycles. The van der Waals surface area contributed by atoms with Crippen molar-refractivity contribution in [3.8, 4) is 11.8 Å². The van der Waals surface area contributed by atoms with Gasteiger partial charge in [-0.3, -0.25) is 4.79 Å². The molecule has 3 nitrogen and oxygen atoms in total. The van der Waals surface area contributed by atoms with E-state index < -0.39 is 5.82 Å². The van der Waals surface area contributed by atoms with Crippen LogP contribution >= 0.6 is 0 Å². The van der Waals surface area contributed by atoms with Gasteiger partial charge in [-0.15, -0.1) is 0 Å². The summed E-state index contributed by atoms with van der Waals surface area (Å²) in [6.45, 7) is 2.90. The summed E-state index contributed by atoms with van der Waals surface area (Å²) in [5.41, 5.74) is 5.85. The van der Waals surface area contributed by atoms with E-state index in [-0.39, 0.29) is 18.0 Å². The molecule has 0 fully saturated rings. The maximum atomic E-state index is 13.9. The Morgan fingerprint density at radius 2 is 2.21 bits per heavy atom. The first-order chi connectivity index (χ1) is 9.10. The second kappa shape index (κ2) is 7.55. The van der Waals surface area contributed by atoms with Gasteiger partial charge in [-0.1, -0.05) is 25.2 Å². The first kappa shape index (κ1) is 15.2. The van der Waals surface area contributed by atoms with Crippen molar-refractivity contribution in [2.75, 3.05) is 20.1 Å². The molecule has 0 aliphatic rings. The van der Waals surface area contributed by atoms with Gasteiger partial charge in [0.25, 0.3) is 5.91 Å². The number of unbranched alkanes of at least 4 members (excludes halogenated alkanes) is 1. The van der Waals surface area contributed by atoms with Crippen LogP contribution < -0.4 is 5.73 Å². The average Bonchev–Trinajstić information content (AvgIpc) is 2.41. The van der Waals surface area contributed by atoms with Gasteiger partial charge in [0.2, 0.25) is 0 Å². The van der Waals surface area contributed by atoms with Gasteiger partial charge in [-0.25, -0.2) is 4.39 Å². The van der Waals surface area contributed by atoms with Crippen molar-refractivity contribution >= 4 is 5.91 Å². The molecule has 2 N–H and O–H groups in total. The molecule has 0 radical (unpaired) electrons. The molecular weight excluding hydrogens is 243 g/mol. The molecule has 0 unspecified atom stereocenters. The molecular formula is C15H19FN2O. The fourth-order valence-corrected chi connectivity index (χ4v) is 1.62. The number of carbonyl (C=O) groups is 1. The molecule has 0 atom stereocenters. The molecule has 0 saturated carbocycles.